The van der Waals surface area contributed by atoms with Crippen LogP contribution >= 0.6 is 11.6 Å². The van der Waals surface area contributed by atoms with Gasteiger partial charge >= 0.3 is 6.03 Å². The van der Waals surface area contributed by atoms with Crippen LogP contribution in [-0.4, -0.2) is 82.7 Å². The zero-order chi connectivity index (χ0) is 29.5. The molecule has 2 aliphatic rings. The number of carbonyl (C=O) groups excluding carboxylic acids is 2. The Hall–Kier alpha value is -3.50. The van der Waals surface area contributed by atoms with Gasteiger partial charge in [-0.3, -0.25) is 4.79 Å². The molecule has 3 amide bonds. The number of anilines is 1. The molecule has 2 heterocycles. The van der Waals surface area contributed by atoms with Crippen LogP contribution in [-0.2, 0) is 17.6 Å². The van der Waals surface area contributed by atoms with Gasteiger partial charge in [0.1, 0.15) is 17.2 Å². The van der Waals surface area contributed by atoms with Crippen LogP contribution in [0.25, 0.3) is 10.9 Å². The van der Waals surface area contributed by atoms with Crippen molar-refractivity contribution in [3.63, 3.8) is 0 Å². The summed E-state index contributed by atoms with van der Waals surface area (Å²) in [7, 11) is 3.42. The fourth-order valence-electron chi connectivity index (χ4n) is 6.00. The number of nitrogens with zero attached hydrogens (tertiary/aromatic N) is 5. The van der Waals surface area contributed by atoms with E-state index in [-0.39, 0.29) is 16.4 Å². The minimum Gasteiger partial charge on any atom is -0.390 e. The summed E-state index contributed by atoms with van der Waals surface area (Å²) < 4.78 is 16.7. The fourth-order valence-corrected chi connectivity index (χ4v) is 6.32. The maximum absolute atomic E-state index is 16.7. The van der Waals surface area contributed by atoms with Gasteiger partial charge in [0.25, 0.3) is 0 Å². The van der Waals surface area contributed by atoms with Crippen LogP contribution in [0.2, 0.25) is 5.02 Å². The molecule has 1 fully saturated rings. The molecule has 3 N–H and O–H groups in total. The van der Waals surface area contributed by atoms with Crippen LogP contribution in [0.5, 0.6) is 0 Å². The lowest BCUT2D eigenvalue weighted by molar-refractivity contribution is -0.128. The summed E-state index contributed by atoms with van der Waals surface area (Å²) in [6, 6.07) is 8.99. The molecule has 0 saturated carbocycles. The summed E-state index contributed by atoms with van der Waals surface area (Å²) in [6.07, 6.45) is 2.02. The molecule has 218 valence electrons. The average molecular weight is 583 g/mol. The van der Waals surface area contributed by atoms with Gasteiger partial charge in [-0.1, -0.05) is 35.9 Å². The summed E-state index contributed by atoms with van der Waals surface area (Å²) in [5.74, 6) is -0.0199. The Morgan fingerprint density at radius 1 is 1.20 bits per heavy atom. The van der Waals surface area contributed by atoms with Crippen LogP contribution in [0.4, 0.5) is 15.0 Å². The van der Waals surface area contributed by atoms with Gasteiger partial charge in [0.15, 0.2) is 5.82 Å². The number of nitrogens with two attached hydrogens (primary N) is 1. The van der Waals surface area contributed by atoms with Gasteiger partial charge in [-0.05, 0) is 37.0 Å². The lowest BCUT2D eigenvalue weighted by Gasteiger charge is -2.37. The number of aromatic nitrogens is 2. The van der Waals surface area contributed by atoms with E-state index in [0.29, 0.717) is 80.9 Å². The lowest BCUT2D eigenvalue weighted by atomic mass is 9.72. The van der Waals surface area contributed by atoms with Crippen LogP contribution in [0.3, 0.4) is 0 Å². The van der Waals surface area contributed by atoms with E-state index in [1.54, 1.807) is 32.0 Å². The van der Waals surface area contributed by atoms with Gasteiger partial charge in [-0.15, -0.1) is 0 Å². The third-order valence-electron chi connectivity index (χ3n) is 8.12. The molecule has 41 heavy (non-hydrogen) atoms. The molecular formula is C30H36ClFN6O3. The average Bonchev–Trinajstić information content (AvgIpc) is 2.92. The van der Waals surface area contributed by atoms with Gasteiger partial charge in [0, 0.05) is 81.4 Å². The summed E-state index contributed by atoms with van der Waals surface area (Å²) in [4.78, 5) is 38.4. The molecule has 1 saturated heterocycles. The third-order valence-corrected chi connectivity index (χ3v) is 8.43. The summed E-state index contributed by atoms with van der Waals surface area (Å²) in [6.45, 7) is 3.52. The highest BCUT2D eigenvalue weighted by Gasteiger charge is 2.37. The maximum Gasteiger partial charge on any atom is 0.314 e. The second-order valence-corrected chi connectivity index (χ2v) is 11.9. The molecule has 0 spiro atoms. The number of hydrogen-bond acceptors (Lipinski definition) is 6. The first-order valence-electron chi connectivity index (χ1n) is 13.9. The molecule has 11 heteroatoms. The highest BCUT2D eigenvalue weighted by atomic mass is 35.5. The number of piperazine rings is 1. The van der Waals surface area contributed by atoms with E-state index < -0.39 is 23.4 Å². The van der Waals surface area contributed by atoms with E-state index in [0.717, 1.165) is 11.1 Å². The number of fused-ring (bicyclic) bond motifs is 2. The highest BCUT2D eigenvalue weighted by molar-refractivity contribution is 6.32. The Morgan fingerprint density at radius 2 is 1.90 bits per heavy atom. The van der Waals surface area contributed by atoms with E-state index in [4.69, 9.17) is 22.3 Å². The normalized spacial score (nSPS) is 20.7. The van der Waals surface area contributed by atoms with Crippen molar-refractivity contribution in [3.8, 4) is 0 Å². The topological polar surface area (TPSA) is 116 Å². The number of rotatable bonds is 6. The Morgan fingerprint density at radius 3 is 2.59 bits per heavy atom. The zero-order valence-electron chi connectivity index (χ0n) is 23.7. The van der Waals surface area contributed by atoms with Crippen LogP contribution < -0.4 is 10.6 Å². The molecule has 0 radical (unpaired) electrons. The number of amides is 3. The van der Waals surface area contributed by atoms with Gasteiger partial charge < -0.3 is 25.5 Å². The first kappa shape index (κ1) is 29.0. The maximum atomic E-state index is 16.7. The molecule has 5 rings (SSSR count). The monoisotopic (exact) mass is 582 g/mol. The van der Waals surface area contributed by atoms with Crippen molar-refractivity contribution in [2.45, 2.75) is 50.5 Å². The highest BCUT2D eigenvalue weighted by Crippen LogP contribution is 2.46. The van der Waals surface area contributed by atoms with E-state index in [1.807, 2.05) is 29.2 Å². The largest absolute Gasteiger partial charge is 0.390 e. The number of hydrogen-bond donors (Lipinski definition) is 2. The van der Waals surface area contributed by atoms with Crippen molar-refractivity contribution in [3.05, 3.63) is 63.7 Å². The lowest BCUT2D eigenvalue weighted by Crippen LogP contribution is -2.50. The number of halogens is 2. The zero-order valence-corrected chi connectivity index (χ0v) is 24.4. The second-order valence-electron chi connectivity index (χ2n) is 11.5. The number of aryl methyl sites for hydroxylation is 1. The first-order valence-corrected chi connectivity index (χ1v) is 14.3. The van der Waals surface area contributed by atoms with E-state index in [1.165, 1.54) is 4.90 Å². The molecule has 1 aromatic heterocycles. The van der Waals surface area contributed by atoms with E-state index in [9.17, 15) is 14.7 Å². The molecule has 1 aliphatic heterocycles. The minimum absolute atomic E-state index is 0.00292. The summed E-state index contributed by atoms with van der Waals surface area (Å²) in [5, 5.41) is 11.8. The number of benzene rings is 2. The van der Waals surface area contributed by atoms with E-state index >= 15 is 4.39 Å². The molecule has 3 aromatic rings. The Balaban J connectivity index is 1.60. The van der Waals surface area contributed by atoms with Crippen LogP contribution in [0.1, 0.15) is 54.6 Å². The molecule has 2 aromatic carbocycles. The predicted octanol–water partition coefficient (Wildman–Crippen LogP) is 3.86. The van der Waals surface area contributed by atoms with Crippen LogP contribution in [0, 0.1) is 5.82 Å². The van der Waals surface area contributed by atoms with Crippen molar-refractivity contribution in [1.29, 1.82) is 0 Å². The molecule has 2 atom stereocenters. The van der Waals surface area contributed by atoms with Gasteiger partial charge in [-0.2, -0.15) is 0 Å². The Kier molecular flexibility index (Phi) is 8.07. The third kappa shape index (κ3) is 5.94. The molecule has 1 unspecified atom stereocenters. The molecule has 1 aliphatic carbocycles. The van der Waals surface area contributed by atoms with Crippen molar-refractivity contribution in [2.24, 2.45) is 5.73 Å². The number of primary amides is 1. The minimum atomic E-state index is -1.02. The summed E-state index contributed by atoms with van der Waals surface area (Å²) >= 11 is 6.86. The molecule has 9 nitrogen and oxygen atoms in total. The molecular weight excluding hydrogens is 547 g/mol. The predicted molar refractivity (Wildman–Crippen MR) is 157 cm³/mol. The van der Waals surface area contributed by atoms with E-state index in [2.05, 4.69) is 4.98 Å². The number of urea groups is 1. The van der Waals surface area contributed by atoms with Crippen molar-refractivity contribution in [2.75, 3.05) is 45.2 Å². The number of aliphatic hydroxyl groups is 1. The molecule has 0 bridgehead atoms. The fraction of sp³-hybridized carbons (Fsp3) is 0.467. The van der Waals surface area contributed by atoms with Crippen molar-refractivity contribution < 1.29 is 19.1 Å². The standard InChI is InChI=1S/C30H36ClFN6O3/c1-30(41)16-18-7-4-5-8-19(18)21(17-30)25-22(31)15-20-27(26(25)32)34-23(9-6-10-24(39)36(2)3)35-28(20)37-11-13-38(14-12-37)29(33)40/h4-5,7-8,15,21,41H,6,9-14,16-17H2,1-3H3,(H2,33,40)/t21-,30?/m0/s1. The summed E-state index contributed by atoms with van der Waals surface area (Å²) in [5.41, 5.74) is 6.82. The second kappa shape index (κ2) is 11.4. The number of carbonyl (C=O) groups is 2. The van der Waals surface area contributed by atoms with Crippen LogP contribution in [0.15, 0.2) is 30.3 Å². The van der Waals surface area contributed by atoms with Gasteiger partial charge in [0.2, 0.25) is 5.91 Å². The Labute approximate surface area is 244 Å². The Bertz CT molecular complexity index is 1490. The van der Waals surface area contributed by atoms with Crippen molar-refractivity contribution in [1.82, 2.24) is 19.8 Å². The van der Waals surface area contributed by atoms with Gasteiger partial charge in [-0.25, -0.2) is 19.2 Å². The quantitative estimate of drug-likeness (QED) is 0.456. The SMILES string of the molecule is CN(C)C(=O)CCCc1nc(N2CCN(C(N)=O)CC2)c2cc(Cl)c([C@H]3CC(C)(O)Cc4ccccc43)c(F)c2n1. The smallest absolute Gasteiger partial charge is 0.314 e. The first-order chi connectivity index (χ1) is 19.4. The van der Waals surface area contributed by atoms with Crippen molar-refractivity contribution >= 4 is 40.3 Å². The van der Waals surface area contributed by atoms with Gasteiger partial charge in [0.05, 0.1) is 5.60 Å².